The Morgan fingerprint density at radius 1 is 1.29 bits per heavy atom. The van der Waals surface area contributed by atoms with Gasteiger partial charge in [0, 0.05) is 18.4 Å². The first-order valence-corrected chi connectivity index (χ1v) is 9.52. The Bertz CT molecular complexity index is 839. The van der Waals surface area contributed by atoms with Crippen molar-refractivity contribution in [2.45, 2.75) is 52.2 Å². The van der Waals surface area contributed by atoms with Crippen molar-refractivity contribution >= 4 is 5.97 Å². The van der Waals surface area contributed by atoms with Gasteiger partial charge >= 0.3 is 5.97 Å². The summed E-state index contributed by atoms with van der Waals surface area (Å²) < 4.78 is 30.2. The van der Waals surface area contributed by atoms with E-state index >= 15 is 0 Å². The molecule has 1 aliphatic heterocycles. The van der Waals surface area contributed by atoms with E-state index in [1.807, 2.05) is 6.92 Å². The molecule has 1 aromatic carbocycles. The van der Waals surface area contributed by atoms with Crippen LogP contribution in [0.4, 0.5) is 4.39 Å². The Hall–Kier alpha value is -2.25. The molecule has 0 saturated carbocycles. The second kappa shape index (κ2) is 8.41. The van der Waals surface area contributed by atoms with Crippen LogP contribution in [0.2, 0.25) is 0 Å². The summed E-state index contributed by atoms with van der Waals surface area (Å²) in [6.07, 6.45) is 3.53. The molecular weight excluding hydrogens is 365 g/mol. The first-order chi connectivity index (χ1) is 13.3. The number of nitrogens with zero attached hydrogens (tertiary/aromatic N) is 1. The molecule has 1 fully saturated rings. The standard InChI is InChI=1S/C21H26FNO5/c1-13-8-9-16(10-17(13)22)19-23-18(14(2)28-19)7-5-4-6-15-11-26-21(3,20(24)25)27-12-15/h8-10,15H,4-7,11-12H2,1-3H3,(H,24,25). The lowest BCUT2D eigenvalue weighted by Gasteiger charge is -2.34. The largest absolute Gasteiger partial charge is 0.477 e. The number of aliphatic carboxylic acids is 1. The quantitative estimate of drug-likeness (QED) is 0.710. The second-order valence-corrected chi connectivity index (χ2v) is 7.47. The van der Waals surface area contributed by atoms with Crippen molar-refractivity contribution in [3.05, 3.63) is 41.0 Å². The zero-order chi connectivity index (χ0) is 20.3. The molecule has 0 radical (unpaired) electrons. The minimum absolute atomic E-state index is 0.192. The van der Waals surface area contributed by atoms with Crippen molar-refractivity contribution in [1.29, 1.82) is 0 Å². The topological polar surface area (TPSA) is 81.8 Å². The van der Waals surface area contributed by atoms with Crippen LogP contribution in [0.15, 0.2) is 22.6 Å². The van der Waals surface area contributed by atoms with Crippen molar-refractivity contribution in [3.63, 3.8) is 0 Å². The van der Waals surface area contributed by atoms with Crippen LogP contribution in [-0.2, 0) is 20.7 Å². The van der Waals surface area contributed by atoms with Crippen LogP contribution in [0.5, 0.6) is 0 Å². The van der Waals surface area contributed by atoms with E-state index in [4.69, 9.17) is 19.0 Å². The molecule has 0 atom stereocenters. The van der Waals surface area contributed by atoms with E-state index in [-0.39, 0.29) is 11.7 Å². The molecule has 0 aliphatic carbocycles. The summed E-state index contributed by atoms with van der Waals surface area (Å²) in [6, 6.07) is 4.97. The van der Waals surface area contributed by atoms with Crippen molar-refractivity contribution in [1.82, 2.24) is 4.98 Å². The predicted octanol–water partition coefficient (Wildman–Crippen LogP) is 4.27. The molecular formula is C21H26FNO5. The Morgan fingerprint density at radius 3 is 2.64 bits per heavy atom. The monoisotopic (exact) mass is 391 g/mol. The van der Waals surface area contributed by atoms with Crippen LogP contribution < -0.4 is 0 Å². The lowest BCUT2D eigenvalue weighted by molar-refractivity contribution is -0.271. The zero-order valence-electron chi connectivity index (χ0n) is 16.5. The van der Waals surface area contributed by atoms with E-state index < -0.39 is 11.8 Å². The highest BCUT2D eigenvalue weighted by Crippen LogP contribution is 2.26. The maximum absolute atomic E-state index is 13.8. The number of halogens is 1. The van der Waals surface area contributed by atoms with Gasteiger partial charge in [0.05, 0.1) is 18.9 Å². The number of carbonyl (C=O) groups is 1. The van der Waals surface area contributed by atoms with Crippen molar-refractivity contribution < 1.29 is 28.2 Å². The number of hydrogen-bond acceptors (Lipinski definition) is 5. The lowest BCUT2D eigenvalue weighted by atomic mass is 10.0. The summed E-state index contributed by atoms with van der Waals surface area (Å²) in [7, 11) is 0. The summed E-state index contributed by atoms with van der Waals surface area (Å²) in [6.45, 7) is 5.78. The average Bonchev–Trinajstić information content (AvgIpc) is 3.03. The number of rotatable bonds is 7. The highest BCUT2D eigenvalue weighted by atomic mass is 19.1. The minimum Gasteiger partial charge on any atom is -0.477 e. The molecule has 152 valence electrons. The van der Waals surface area contributed by atoms with Crippen LogP contribution in [0.3, 0.4) is 0 Å². The number of carboxylic acid groups (broad SMARTS) is 1. The number of benzene rings is 1. The van der Waals surface area contributed by atoms with E-state index in [0.29, 0.717) is 30.2 Å². The van der Waals surface area contributed by atoms with Gasteiger partial charge in [-0.3, -0.25) is 0 Å². The van der Waals surface area contributed by atoms with E-state index in [0.717, 1.165) is 37.1 Å². The molecule has 1 aliphatic rings. The minimum atomic E-state index is -1.53. The van der Waals surface area contributed by atoms with Gasteiger partial charge in [-0.05, 0) is 50.8 Å². The Kier molecular flexibility index (Phi) is 6.15. The number of ether oxygens (including phenoxy) is 2. The third-order valence-corrected chi connectivity index (χ3v) is 5.16. The molecule has 0 amide bonds. The number of aromatic nitrogens is 1. The fraction of sp³-hybridized carbons (Fsp3) is 0.524. The summed E-state index contributed by atoms with van der Waals surface area (Å²) in [5.74, 6) is -1.52. The third kappa shape index (κ3) is 4.59. The molecule has 28 heavy (non-hydrogen) atoms. The smallest absolute Gasteiger partial charge is 0.364 e. The highest BCUT2D eigenvalue weighted by molar-refractivity contribution is 5.75. The van der Waals surface area contributed by atoms with Gasteiger partial charge in [0.15, 0.2) is 0 Å². The molecule has 1 N–H and O–H groups in total. The van der Waals surface area contributed by atoms with Crippen LogP contribution in [0, 0.1) is 25.6 Å². The van der Waals surface area contributed by atoms with E-state index in [2.05, 4.69) is 4.98 Å². The molecule has 0 spiro atoms. The molecule has 0 bridgehead atoms. The van der Waals surface area contributed by atoms with Gasteiger partial charge in [0.1, 0.15) is 11.6 Å². The predicted molar refractivity (Wildman–Crippen MR) is 100 cm³/mol. The SMILES string of the molecule is Cc1ccc(-c2nc(CCCCC3COC(C)(C(=O)O)OC3)c(C)o2)cc1F. The maximum Gasteiger partial charge on any atom is 0.364 e. The molecule has 2 aromatic rings. The fourth-order valence-electron chi connectivity index (χ4n) is 3.17. The van der Waals surface area contributed by atoms with E-state index in [1.54, 1.807) is 19.1 Å². The van der Waals surface area contributed by atoms with Crippen LogP contribution in [0.1, 0.15) is 43.2 Å². The molecule has 2 heterocycles. The molecule has 1 aromatic heterocycles. The Labute approximate surface area is 163 Å². The molecule has 1 saturated heterocycles. The average molecular weight is 391 g/mol. The van der Waals surface area contributed by atoms with Crippen LogP contribution in [0.25, 0.3) is 11.5 Å². The number of hydrogen-bond donors (Lipinski definition) is 1. The summed E-state index contributed by atoms with van der Waals surface area (Å²) in [5.41, 5.74) is 2.10. The van der Waals surface area contributed by atoms with E-state index in [9.17, 15) is 9.18 Å². The molecule has 6 nitrogen and oxygen atoms in total. The highest BCUT2D eigenvalue weighted by Gasteiger charge is 2.40. The molecule has 7 heteroatoms. The van der Waals surface area contributed by atoms with Gasteiger partial charge < -0.3 is 19.0 Å². The third-order valence-electron chi connectivity index (χ3n) is 5.16. The van der Waals surface area contributed by atoms with Crippen molar-refractivity contribution in [2.24, 2.45) is 5.92 Å². The van der Waals surface area contributed by atoms with E-state index in [1.165, 1.54) is 13.0 Å². The number of aryl methyl sites for hydroxylation is 3. The first kappa shape index (κ1) is 20.5. The van der Waals surface area contributed by atoms with Gasteiger partial charge in [-0.2, -0.15) is 0 Å². The van der Waals surface area contributed by atoms with Gasteiger partial charge in [-0.1, -0.05) is 12.5 Å². The molecule has 3 rings (SSSR count). The van der Waals surface area contributed by atoms with Crippen molar-refractivity contribution in [3.8, 4) is 11.5 Å². The lowest BCUT2D eigenvalue weighted by Crippen LogP contribution is -2.47. The first-order valence-electron chi connectivity index (χ1n) is 9.52. The van der Waals surface area contributed by atoms with Gasteiger partial charge in [0.2, 0.25) is 5.89 Å². The van der Waals surface area contributed by atoms with Gasteiger partial charge in [0.25, 0.3) is 5.79 Å². The fourth-order valence-corrected chi connectivity index (χ4v) is 3.17. The maximum atomic E-state index is 13.8. The van der Waals surface area contributed by atoms with Crippen molar-refractivity contribution in [2.75, 3.05) is 13.2 Å². The Balaban J connectivity index is 1.48. The summed E-state index contributed by atoms with van der Waals surface area (Å²) >= 11 is 0. The van der Waals surface area contributed by atoms with Crippen LogP contribution >= 0.6 is 0 Å². The number of unbranched alkanes of at least 4 members (excludes halogenated alkanes) is 1. The summed E-state index contributed by atoms with van der Waals surface area (Å²) in [4.78, 5) is 15.6. The number of oxazole rings is 1. The normalized spacial score (nSPS) is 22.4. The second-order valence-electron chi connectivity index (χ2n) is 7.47. The zero-order valence-corrected chi connectivity index (χ0v) is 16.5. The van der Waals surface area contributed by atoms with Crippen LogP contribution in [-0.4, -0.2) is 35.1 Å². The molecule has 0 unspecified atom stereocenters. The van der Waals surface area contributed by atoms with Gasteiger partial charge in [-0.15, -0.1) is 0 Å². The Morgan fingerprint density at radius 2 is 2.00 bits per heavy atom. The van der Waals surface area contributed by atoms with Gasteiger partial charge in [-0.25, -0.2) is 14.2 Å². The summed E-state index contributed by atoms with van der Waals surface area (Å²) in [5, 5.41) is 9.08. The number of carboxylic acids is 1.